The molecule has 0 saturated heterocycles. The molecule has 0 aromatic carbocycles. The maximum absolute atomic E-state index is 9.10. The Morgan fingerprint density at radius 2 is 1.45 bits per heavy atom. The highest BCUT2D eigenvalue weighted by Gasteiger charge is 1.94. The van der Waals surface area contributed by atoms with Gasteiger partial charge in [0.05, 0.1) is 39.6 Å². The maximum atomic E-state index is 9.10. The summed E-state index contributed by atoms with van der Waals surface area (Å²) in [6.45, 7) is 11.0. The van der Waals surface area contributed by atoms with Crippen LogP contribution in [0.15, 0.2) is 12.0 Å². The summed E-state index contributed by atoms with van der Waals surface area (Å²) in [5, 5.41) is 15.2. The zero-order valence-corrected chi connectivity index (χ0v) is 13.0. The van der Waals surface area contributed by atoms with E-state index in [4.69, 9.17) is 19.3 Å². The van der Waals surface area contributed by atoms with Crippen molar-refractivity contribution in [2.75, 3.05) is 52.7 Å². The van der Waals surface area contributed by atoms with Gasteiger partial charge in [0, 0.05) is 19.1 Å². The molecule has 0 bridgehead atoms. The third kappa shape index (κ3) is 15.2. The van der Waals surface area contributed by atoms with Gasteiger partial charge in [0.1, 0.15) is 0 Å². The minimum Gasteiger partial charge on any atom is -0.495 e. The maximum Gasteiger partial charge on any atom is 0.179 e. The Labute approximate surface area is 122 Å². The topological polar surface area (TPSA) is 72.0 Å². The summed E-state index contributed by atoms with van der Waals surface area (Å²) in [6, 6.07) is 0.496. The van der Waals surface area contributed by atoms with E-state index in [2.05, 4.69) is 24.5 Å². The Kier molecular flexibility index (Phi) is 14.0. The van der Waals surface area contributed by atoms with E-state index in [-0.39, 0.29) is 5.88 Å². The Bertz CT molecular complexity index is 235. The van der Waals surface area contributed by atoms with Crippen LogP contribution in [-0.4, -0.2) is 63.9 Å². The van der Waals surface area contributed by atoms with Gasteiger partial charge in [-0.05, 0) is 13.0 Å². The molecular weight excluding hydrogens is 260 g/mol. The molecule has 0 radical (unpaired) electrons. The predicted octanol–water partition coefficient (Wildman–Crippen LogP) is 1.04. The zero-order valence-electron chi connectivity index (χ0n) is 13.0. The van der Waals surface area contributed by atoms with Crippen LogP contribution in [0.3, 0.4) is 0 Å². The average Bonchev–Trinajstić information content (AvgIpc) is 2.43. The fourth-order valence-electron chi connectivity index (χ4n) is 1.31. The average molecular weight is 290 g/mol. The minimum absolute atomic E-state index is 0.175. The number of hydrogen-bond donors (Lipinski definition) is 3. The Balaban J connectivity index is 3.03. The standard InChI is InChI=1S/C14H30N2O4/c1-4-14(17)16-6-8-19-10-12-20-11-9-18-7-5-15-13(2)3/h4,13,15-17H,5-12H2,1-3H3. The van der Waals surface area contributed by atoms with Crippen LogP contribution in [0.2, 0.25) is 0 Å². The van der Waals surface area contributed by atoms with Gasteiger partial charge >= 0.3 is 0 Å². The molecule has 0 aliphatic rings. The Morgan fingerprint density at radius 3 is 1.95 bits per heavy atom. The van der Waals surface area contributed by atoms with Gasteiger partial charge in [-0.1, -0.05) is 13.8 Å². The highest BCUT2D eigenvalue weighted by Crippen LogP contribution is 1.83. The molecule has 0 aliphatic heterocycles. The summed E-state index contributed by atoms with van der Waals surface area (Å²) in [7, 11) is 0. The van der Waals surface area contributed by atoms with Gasteiger partial charge in [0.15, 0.2) is 5.88 Å². The number of aliphatic hydroxyl groups is 1. The van der Waals surface area contributed by atoms with Crippen LogP contribution in [0, 0.1) is 0 Å². The van der Waals surface area contributed by atoms with E-state index in [1.54, 1.807) is 13.0 Å². The first kappa shape index (κ1) is 19.2. The molecule has 0 rings (SSSR count). The molecule has 0 atom stereocenters. The van der Waals surface area contributed by atoms with Crippen LogP contribution in [-0.2, 0) is 14.2 Å². The first-order valence-electron chi connectivity index (χ1n) is 7.22. The highest BCUT2D eigenvalue weighted by atomic mass is 16.5. The summed E-state index contributed by atoms with van der Waals surface area (Å²) in [6.07, 6.45) is 1.60. The normalized spacial score (nSPS) is 12.1. The number of nitrogens with one attached hydrogen (secondary N) is 2. The van der Waals surface area contributed by atoms with Crippen LogP contribution in [0.25, 0.3) is 0 Å². The molecule has 6 nitrogen and oxygen atoms in total. The second kappa shape index (κ2) is 14.6. The summed E-state index contributed by atoms with van der Waals surface area (Å²) < 4.78 is 16.1. The van der Waals surface area contributed by atoms with Crippen LogP contribution in [0.1, 0.15) is 20.8 Å². The minimum atomic E-state index is 0.175. The summed E-state index contributed by atoms with van der Waals surface area (Å²) >= 11 is 0. The SMILES string of the molecule is CC=C(O)NCCOCCOCCOCCNC(C)C. The smallest absolute Gasteiger partial charge is 0.179 e. The quantitative estimate of drug-likeness (QED) is 0.328. The van der Waals surface area contributed by atoms with E-state index in [9.17, 15) is 0 Å². The Morgan fingerprint density at radius 1 is 0.950 bits per heavy atom. The van der Waals surface area contributed by atoms with Crippen molar-refractivity contribution >= 4 is 0 Å². The van der Waals surface area contributed by atoms with Gasteiger partial charge < -0.3 is 30.0 Å². The molecule has 0 spiro atoms. The van der Waals surface area contributed by atoms with Crippen LogP contribution in [0.4, 0.5) is 0 Å². The van der Waals surface area contributed by atoms with E-state index in [1.807, 2.05) is 0 Å². The van der Waals surface area contributed by atoms with Gasteiger partial charge in [-0.15, -0.1) is 0 Å². The van der Waals surface area contributed by atoms with Crippen molar-refractivity contribution in [1.29, 1.82) is 0 Å². The van der Waals surface area contributed by atoms with E-state index in [0.29, 0.717) is 52.2 Å². The first-order chi connectivity index (χ1) is 9.66. The van der Waals surface area contributed by atoms with Crippen molar-refractivity contribution in [1.82, 2.24) is 10.6 Å². The molecular formula is C14H30N2O4. The highest BCUT2D eigenvalue weighted by molar-refractivity contribution is 4.83. The fraction of sp³-hybridized carbons (Fsp3) is 0.857. The van der Waals surface area contributed by atoms with Gasteiger partial charge in [-0.3, -0.25) is 0 Å². The molecule has 0 aromatic heterocycles. The Hall–Kier alpha value is -0.820. The molecule has 0 saturated carbocycles. The molecule has 0 fully saturated rings. The summed E-state index contributed by atoms with van der Waals surface area (Å²) in [4.78, 5) is 0. The van der Waals surface area contributed by atoms with Gasteiger partial charge in [0.2, 0.25) is 0 Å². The van der Waals surface area contributed by atoms with E-state index < -0.39 is 0 Å². The molecule has 120 valence electrons. The lowest BCUT2D eigenvalue weighted by atomic mass is 10.4. The summed E-state index contributed by atoms with van der Waals surface area (Å²) in [5.41, 5.74) is 0. The van der Waals surface area contributed by atoms with Crippen LogP contribution >= 0.6 is 0 Å². The van der Waals surface area contributed by atoms with Crippen LogP contribution in [0.5, 0.6) is 0 Å². The number of aliphatic hydroxyl groups excluding tert-OH is 1. The van der Waals surface area contributed by atoms with Gasteiger partial charge in [-0.25, -0.2) is 0 Å². The zero-order chi connectivity index (χ0) is 15.1. The van der Waals surface area contributed by atoms with E-state index in [0.717, 1.165) is 6.54 Å². The lowest BCUT2D eigenvalue weighted by molar-refractivity contribution is 0.0155. The van der Waals surface area contributed by atoms with Crippen molar-refractivity contribution in [2.45, 2.75) is 26.8 Å². The number of hydrogen-bond acceptors (Lipinski definition) is 6. The second-order valence-corrected chi connectivity index (χ2v) is 4.55. The fourth-order valence-corrected chi connectivity index (χ4v) is 1.31. The molecule has 0 unspecified atom stereocenters. The monoisotopic (exact) mass is 290 g/mol. The molecule has 0 aliphatic carbocycles. The van der Waals surface area contributed by atoms with E-state index in [1.165, 1.54) is 0 Å². The first-order valence-corrected chi connectivity index (χ1v) is 7.22. The third-order valence-corrected chi connectivity index (χ3v) is 2.37. The lowest BCUT2D eigenvalue weighted by Gasteiger charge is -2.09. The van der Waals surface area contributed by atoms with Crippen LogP contribution < -0.4 is 10.6 Å². The van der Waals surface area contributed by atoms with Crippen molar-refractivity contribution < 1.29 is 19.3 Å². The van der Waals surface area contributed by atoms with Crippen molar-refractivity contribution in [2.24, 2.45) is 0 Å². The molecule has 6 heteroatoms. The largest absolute Gasteiger partial charge is 0.495 e. The number of allylic oxidation sites excluding steroid dienone is 1. The molecule has 3 N–H and O–H groups in total. The molecule has 20 heavy (non-hydrogen) atoms. The molecule has 0 aromatic rings. The number of ether oxygens (including phenoxy) is 3. The van der Waals surface area contributed by atoms with Gasteiger partial charge in [0.25, 0.3) is 0 Å². The molecule has 0 amide bonds. The van der Waals surface area contributed by atoms with Crippen molar-refractivity contribution in [3.05, 3.63) is 12.0 Å². The summed E-state index contributed by atoms with van der Waals surface area (Å²) in [5.74, 6) is 0.175. The second-order valence-electron chi connectivity index (χ2n) is 4.55. The lowest BCUT2D eigenvalue weighted by Crippen LogP contribution is -2.27. The number of rotatable bonds is 14. The third-order valence-electron chi connectivity index (χ3n) is 2.37. The predicted molar refractivity (Wildman–Crippen MR) is 80.0 cm³/mol. The van der Waals surface area contributed by atoms with Crippen molar-refractivity contribution in [3.8, 4) is 0 Å². The van der Waals surface area contributed by atoms with Crippen molar-refractivity contribution in [3.63, 3.8) is 0 Å². The van der Waals surface area contributed by atoms with E-state index >= 15 is 0 Å². The molecule has 0 heterocycles. The van der Waals surface area contributed by atoms with Gasteiger partial charge in [-0.2, -0.15) is 0 Å².